The number of hydrogen-bond donors (Lipinski definition) is 1. The second kappa shape index (κ2) is 8.93. The van der Waals surface area contributed by atoms with Crippen molar-refractivity contribution in [1.29, 1.82) is 0 Å². The third kappa shape index (κ3) is 4.52. The maximum absolute atomic E-state index is 13.1. The van der Waals surface area contributed by atoms with Gasteiger partial charge in [0, 0.05) is 24.6 Å². The van der Waals surface area contributed by atoms with Crippen molar-refractivity contribution in [3.63, 3.8) is 0 Å². The van der Waals surface area contributed by atoms with Crippen LogP contribution in [0.25, 0.3) is 0 Å². The summed E-state index contributed by atoms with van der Waals surface area (Å²) in [5.74, 6) is 0.280. The molecule has 2 amide bonds. The van der Waals surface area contributed by atoms with E-state index >= 15 is 0 Å². The summed E-state index contributed by atoms with van der Waals surface area (Å²) in [4.78, 5) is 27.6. The monoisotopic (exact) mass is 446 g/mol. The van der Waals surface area contributed by atoms with E-state index in [1.54, 1.807) is 46.1 Å². The average molecular weight is 447 g/mol. The van der Waals surface area contributed by atoms with Gasteiger partial charge in [-0.05, 0) is 55.7 Å². The van der Waals surface area contributed by atoms with Gasteiger partial charge >= 0.3 is 0 Å². The Morgan fingerprint density at radius 3 is 2.80 bits per heavy atom. The first kappa shape index (κ1) is 20.5. The molecule has 1 aliphatic rings. The summed E-state index contributed by atoms with van der Waals surface area (Å²) in [5, 5.41) is 7.73. The number of piperidine rings is 1. The van der Waals surface area contributed by atoms with Crippen LogP contribution in [0.1, 0.15) is 35.6 Å². The van der Waals surface area contributed by atoms with Crippen molar-refractivity contribution in [3.8, 4) is 0 Å². The SMILES string of the molecule is O=C(Nc1ccc(Cl)c(Cl)c1)C1CCCCN1C(=O)c1ccc(Cn2cccn2)o1. The molecule has 3 aromatic rings. The van der Waals surface area contributed by atoms with Crippen LogP contribution in [-0.2, 0) is 11.3 Å². The second-order valence-electron chi connectivity index (χ2n) is 7.10. The van der Waals surface area contributed by atoms with E-state index in [9.17, 15) is 9.59 Å². The average Bonchev–Trinajstić information content (AvgIpc) is 3.43. The number of hydrogen-bond acceptors (Lipinski definition) is 4. The molecule has 0 spiro atoms. The second-order valence-corrected chi connectivity index (χ2v) is 7.91. The van der Waals surface area contributed by atoms with Gasteiger partial charge in [-0.25, -0.2) is 0 Å². The molecule has 1 saturated heterocycles. The summed E-state index contributed by atoms with van der Waals surface area (Å²) in [7, 11) is 0. The smallest absolute Gasteiger partial charge is 0.290 e. The van der Waals surface area contributed by atoms with Gasteiger partial charge in [0.05, 0.1) is 16.6 Å². The number of likely N-dealkylation sites (tertiary alicyclic amines) is 1. The van der Waals surface area contributed by atoms with Gasteiger partial charge < -0.3 is 14.6 Å². The summed E-state index contributed by atoms with van der Waals surface area (Å²) < 4.78 is 7.44. The number of halogens is 2. The van der Waals surface area contributed by atoms with Gasteiger partial charge in [-0.3, -0.25) is 14.3 Å². The number of amides is 2. The number of aromatic nitrogens is 2. The molecule has 0 radical (unpaired) electrons. The number of furan rings is 1. The van der Waals surface area contributed by atoms with Crippen LogP contribution < -0.4 is 5.32 Å². The van der Waals surface area contributed by atoms with Crippen molar-refractivity contribution in [2.45, 2.75) is 31.8 Å². The summed E-state index contributed by atoms with van der Waals surface area (Å²) in [6.07, 6.45) is 5.78. The Kier molecular flexibility index (Phi) is 6.11. The third-order valence-corrected chi connectivity index (χ3v) is 5.74. The zero-order valence-electron chi connectivity index (χ0n) is 16.1. The quantitative estimate of drug-likeness (QED) is 0.626. The topological polar surface area (TPSA) is 80.4 Å². The van der Waals surface area contributed by atoms with Crippen LogP contribution in [0.4, 0.5) is 5.69 Å². The zero-order valence-corrected chi connectivity index (χ0v) is 17.6. The highest BCUT2D eigenvalue weighted by Gasteiger charge is 2.34. The Hall–Kier alpha value is -2.77. The lowest BCUT2D eigenvalue weighted by atomic mass is 10.0. The van der Waals surface area contributed by atoms with Gasteiger partial charge in [-0.15, -0.1) is 0 Å². The van der Waals surface area contributed by atoms with Crippen LogP contribution in [0.3, 0.4) is 0 Å². The number of nitrogens with one attached hydrogen (secondary N) is 1. The fourth-order valence-corrected chi connectivity index (χ4v) is 3.82. The molecule has 1 N–H and O–H groups in total. The van der Waals surface area contributed by atoms with Gasteiger partial charge in [0.1, 0.15) is 11.8 Å². The molecule has 0 aliphatic carbocycles. The Morgan fingerprint density at radius 1 is 1.17 bits per heavy atom. The van der Waals surface area contributed by atoms with Crippen LogP contribution >= 0.6 is 23.2 Å². The predicted octanol–water partition coefficient (Wildman–Crippen LogP) is 4.46. The fourth-order valence-electron chi connectivity index (χ4n) is 3.52. The lowest BCUT2D eigenvalue weighted by molar-refractivity contribution is -0.121. The molecular formula is C21H20Cl2N4O3. The highest BCUT2D eigenvalue weighted by molar-refractivity contribution is 6.42. The molecule has 7 nitrogen and oxygen atoms in total. The third-order valence-electron chi connectivity index (χ3n) is 5.00. The number of nitrogens with zero attached hydrogens (tertiary/aromatic N) is 3. The normalized spacial score (nSPS) is 16.5. The zero-order chi connectivity index (χ0) is 21.1. The van der Waals surface area contributed by atoms with Gasteiger partial charge in [-0.2, -0.15) is 5.10 Å². The highest BCUT2D eigenvalue weighted by Crippen LogP contribution is 2.26. The van der Waals surface area contributed by atoms with Crippen molar-refractivity contribution >= 4 is 40.7 Å². The van der Waals surface area contributed by atoms with Gasteiger partial charge in [0.2, 0.25) is 5.91 Å². The van der Waals surface area contributed by atoms with Gasteiger partial charge in [0.25, 0.3) is 5.91 Å². The Balaban J connectivity index is 1.47. The molecule has 1 fully saturated rings. The van der Waals surface area contributed by atoms with Crippen molar-refractivity contribution in [2.24, 2.45) is 0 Å². The van der Waals surface area contributed by atoms with Crippen molar-refractivity contribution < 1.29 is 14.0 Å². The van der Waals surface area contributed by atoms with E-state index < -0.39 is 6.04 Å². The maximum Gasteiger partial charge on any atom is 0.290 e. The molecule has 1 unspecified atom stereocenters. The number of anilines is 1. The number of carbonyl (C=O) groups excluding carboxylic acids is 2. The van der Waals surface area contributed by atoms with Crippen molar-refractivity contribution in [3.05, 3.63) is 70.4 Å². The first-order chi connectivity index (χ1) is 14.5. The molecule has 9 heteroatoms. The molecule has 30 heavy (non-hydrogen) atoms. The summed E-state index contributed by atoms with van der Waals surface area (Å²) in [5.41, 5.74) is 0.534. The van der Waals surface area contributed by atoms with Gasteiger partial charge in [-0.1, -0.05) is 23.2 Å². The van der Waals surface area contributed by atoms with E-state index in [1.165, 1.54) is 0 Å². The lowest BCUT2D eigenvalue weighted by Gasteiger charge is -2.34. The molecule has 1 atom stereocenters. The van der Waals surface area contributed by atoms with E-state index in [2.05, 4.69) is 10.4 Å². The number of benzene rings is 1. The molecule has 1 aromatic carbocycles. The van der Waals surface area contributed by atoms with E-state index in [-0.39, 0.29) is 17.6 Å². The minimum atomic E-state index is -0.583. The molecule has 1 aliphatic heterocycles. The number of rotatable bonds is 5. The van der Waals surface area contributed by atoms with Crippen LogP contribution in [-0.4, -0.2) is 39.1 Å². The van der Waals surface area contributed by atoms with E-state index in [4.69, 9.17) is 27.6 Å². The molecule has 4 rings (SSSR count). The largest absolute Gasteiger partial charge is 0.454 e. The lowest BCUT2D eigenvalue weighted by Crippen LogP contribution is -2.49. The molecular weight excluding hydrogens is 427 g/mol. The van der Waals surface area contributed by atoms with E-state index in [1.807, 2.05) is 12.3 Å². The molecule has 2 aromatic heterocycles. The van der Waals surface area contributed by atoms with Crippen molar-refractivity contribution in [2.75, 3.05) is 11.9 Å². The van der Waals surface area contributed by atoms with Crippen LogP contribution in [0.5, 0.6) is 0 Å². The molecule has 0 bridgehead atoms. The van der Waals surface area contributed by atoms with Crippen LogP contribution in [0.2, 0.25) is 10.0 Å². The summed E-state index contributed by atoms with van der Waals surface area (Å²) in [6.45, 7) is 0.926. The van der Waals surface area contributed by atoms with Crippen LogP contribution in [0.15, 0.2) is 53.2 Å². The standard InChI is InChI=1S/C21H20Cl2N4O3/c22-16-7-5-14(12-17(16)23)25-20(28)18-4-1-2-11-27(18)21(29)19-8-6-15(30-19)13-26-10-3-9-24-26/h3,5-10,12,18H,1-2,4,11,13H2,(H,25,28). The number of carbonyl (C=O) groups is 2. The van der Waals surface area contributed by atoms with Crippen LogP contribution in [0, 0.1) is 0 Å². The highest BCUT2D eigenvalue weighted by atomic mass is 35.5. The molecule has 156 valence electrons. The van der Waals surface area contributed by atoms with Gasteiger partial charge in [0.15, 0.2) is 5.76 Å². The Morgan fingerprint density at radius 2 is 2.03 bits per heavy atom. The molecule has 0 saturated carbocycles. The predicted molar refractivity (Wildman–Crippen MR) is 114 cm³/mol. The van der Waals surface area contributed by atoms with E-state index in [0.717, 1.165) is 12.8 Å². The minimum absolute atomic E-state index is 0.214. The summed E-state index contributed by atoms with van der Waals surface area (Å²) >= 11 is 12.0. The van der Waals surface area contributed by atoms with E-state index in [0.29, 0.717) is 41.0 Å². The maximum atomic E-state index is 13.1. The fraction of sp³-hybridized carbons (Fsp3) is 0.286. The minimum Gasteiger partial charge on any atom is -0.454 e. The first-order valence-corrected chi connectivity index (χ1v) is 10.4. The Labute approximate surface area is 183 Å². The first-order valence-electron chi connectivity index (χ1n) is 9.64. The van der Waals surface area contributed by atoms with Crippen molar-refractivity contribution in [1.82, 2.24) is 14.7 Å². The Bertz CT molecular complexity index is 1050. The summed E-state index contributed by atoms with van der Waals surface area (Å²) in [6, 6.07) is 9.51. The molecule has 3 heterocycles.